The molecule has 16 heavy (non-hydrogen) atoms. The van der Waals surface area contributed by atoms with Crippen molar-refractivity contribution in [2.75, 3.05) is 39.4 Å². The molecule has 2 saturated heterocycles. The summed E-state index contributed by atoms with van der Waals surface area (Å²) in [6.07, 6.45) is 2.56. The summed E-state index contributed by atoms with van der Waals surface area (Å²) in [7, 11) is 0. The zero-order valence-corrected chi connectivity index (χ0v) is 9.65. The molecule has 2 fully saturated rings. The van der Waals surface area contributed by atoms with Crippen LogP contribution in [0.4, 0.5) is 0 Å². The number of carbonyl (C=O) groups excluding carboxylic acids is 1. The van der Waals surface area contributed by atoms with Crippen molar-refractivity contribution in [1.82, 2.24) is 10.2 Å². The van der Waals surface area contributed by atoms with E-state index in [1.165, 1.54) is 32.5 Å². The van der Waals surface area contributed by atoms with Gasteiger partial charge in [0.15, 0.2) is 0 Å². The lowest BCUT2D eigenvalue weighted by atomic mass is 9.94. The number of rotatable bonds is 6. The highest BCUT2D eigenvalue weighted by Crippen LogP contribution is 2.26. The fourth-order valence-electron chi connectivity index (χ4n) is 2.71. The van der Waals surface area contributed by atoms with Gasteiger partial charge in [0.1, 0.15) is 6.61 Å². The third-order valence-corrected chi connectivity index (χ3v) is 3.53. The molecule has 0 aromatic carbocycles. The van der Waals surface area contributed by atoms with Gasteiger partial charge in [0, 0.05) is 19.1 Å². The third-order valence-electron chi connectivity index (χ3n) is 3.53. The van der Waals surface area contributed by atoms with Gasteiger partial charge in [0.2, 0.25) is 5.91 Å². The molecule has 2 aliphatic heterocycles. The number of fused-ring (bicyclic) bond motifs is 2. The van der Waals surface area contributed by atoms with E-state index in [1.54, 1.807) is 0 Å². The van der Waals surface area contributed by atoms with Crippen LogP contribution in [0.3, 0.4) is 0 Å². The summed E-state index contributed by atoms with van der Waals surface area (Å²) < 4.78 is 5.12. The number of nitrogens with two attached hydrogens (primary N) is 1. The van der Waals surface area contributed by atoms with Crippen LogP contribution >= 0.6 is 0 Å². The van der Waals surface area contributed by atoms with Crippen molar-refractivity contribution < 1.29 is 9.53 Å². The maximum Gasteiger partial charge on any atom is 0.243 e. The average molecular weight is 227 g/mol. The summed E-state index contributed by atoms with van der Waals surface area (Å²) in [4.78, 5) is 13.0. The van der Waals surface area contributed by atoms with Gasteiger partial charge in [-0.1, -0.05) is 0 Å². The normalized spacial score (nSPS) is 32.9. The molecule has 3 unspecified atom stereocenters. The molecular formula is C11H21N3O2. The zero-order chi connectivity index (χ0) is 11.4. The van der Waals surface area contributed by atoms with Crippen LogP contribution in [-0.4, -0.2) is 56.2 Å². The van der Waals surface area contributed by atoms with Crippen LogP contribution in [0.1, 0.15) is 12.8 Å². The number of amides is 1. The van der Waals surface area contributed by atoms with Gasteiger partial charge in [0.05, 0.1) is 6.61 Å². The SMILES string of the molecule is NC(=O)COCCNC1CCN2CCC1C2. The van der Waals surface area contributed by atoms with E-state index in [4.69, 9.17) is 10.5 Å². The molecule has 0 aromatic heterocycles. The fourth-order valence-corrected chi connectivity index (χ4v) is 2.71. The number of hydrogen-bond acceptors (Lipinski definition) is 4. The Balaban J connectivity index is 1.57. The number of primary amides is 1. The first-order valence-electron chi connectivity index (χ1n) is 6.07. The second kappa shape index (κ2) is 5.61. The Hall–Kier alpha value is -0.650. The van der Waals surface area contributed by atoms with Crippen molar-refractivity contribution in [3.05, 3.63) is 0 Å². The second-order valence-corrected chi connectivity index (χ2v) is 4.72. The topological polar surface area (TPSA) is 67.6 Å². The van der Waals surface area contributed by atoms with E-state index in [0.717, 1.165) is 12.5 Å². The molecule has 2 aliphatic rings. The van der Waals surface area contributed by atoms with Crippen LogP contribution in [0.2, 0.25) is 0 Å². The van der Waals surface area contributed by atoms with Crippen molar-refractivity contribution in [2.24, 2.45) is 11.7 Å². The summed E-state index contributed by atoms with van der Waals surface area (Å²) in [6.45, 7) is 5.14. The molecule has 0 aromatic rings. The highest BCUT2D eigenvalue weighted by molar-refractivity contribution is 5.74. The second-order valence-electron chi connectivity index (χ2n) is 4.72. The maximum absolute atomic E-state index is 10.4. The zero-order valence-electron chi connectivity index (χ0n) is 9.65. The average Bonchev–Trinajstić information content (AvgIpc) is 2.63. The Labute approximate surface area is 96.3 Å². The molecule has 2 heterocycles. The predicted octanol–water partition coefficient (Wildman–Crippen LogP) is -0.828. The third kappa shape index (κ3) is 3.17. The molecule has 3 N–H and O–H groups in total. The van der Waals surface area contributed by atoms with Gasteiger partial charge in [0.25, 0.3) is 0 Å². The molecule has 0 spiro atoms. The molecule has 2 rings (SSSR count). The van der Waals surface area contributed by atoms with Gasteiger partial charge in [-0.3, -0.25) is 4.79 Å². The minimum absolute atomic E-state index is 0.0313. The summed E-state index contributed by atoms with van der Waals surface area (Å²) in [6, 6.07) is 0.635. The number of nitrogens with one attached hydrogen (secondary N) is 1. The lowest BCUT2D eigenvalue weighted by molar-refractivity contribution is -0.122. The van der Waals surface area contributed by atoms with Crippen molar-refractivity contribution >= 4 is 5.91 Å². The number of hydrogen-bond donors (Lipinski definition) is 2. The summed E-state index contributed by atoms with van der Waals surface area (Å²) in [5, 5.41) is 3.52. The molecule has 0 aliphatic carbocycles. The van der Waals surface area contributed by atoms with Crippen molar-refractivity contribution in [1.29, 1.82) is 0 Å². The van der Waals surface area contributed by atoms with Crippen LogP contribution in [0.15, 0.2) is 0 Å². The lowest BCUT2D eigenvalue weighted by Gasteiger charge is -2.31. The smallest absolute Gasteiger partial charge is 0.243 e. The Morgan fingerprint density at radius 1 is 1.44 bits per heavy atom. The van der Waals surface area contributed by atoms with Crippen LogP contribution in [0, 0.1) is 5.92 Å². The van der Waals surface area contributed by atoms with E-state index in [2.05, 4.69) is 10.2 Å². The van der Waals surface area contributed by atoms with Crippen LogP contribution < -0.4 is 11.1 Å². The monoisotopic (exact) mass is 227 g/mol. The minimum Gasteiger partial charge on any atom is -0.370 e. The minimum atomic E-state index is -0.399. The largest absolute Gasteiger partial charge is 0.370 e. The van der Waals surface area contributed by atoms with E-state index in [9.17, 15) is 4.79 Å². The Bertz CT molecular complexity index is 247. The number of piperidine rings is 1. The summed E-state index contributed by atoms with van der Waals surface area (Å²) in [5.41, 5.74) is 4.98. The van der Waals surface area contributed by atoms with Gasteiger partial charge in [-0.2, -0.15) is 0 Å². The number of ether oxygens (including phenoxy) is 1. The lowest BCUT2D eigenvalue weighted by Crippen LogP contribution is -2.44. The Kier molecular flexibility index (Phi) is 4.15. The van der Waals surface area contributed by atoms with Gasteiger partial charge in [-0.15, -0.1) is 0 Å². The molecule has 2 bridgehead atoms. The van der Waals surface area contributed by atoms with E-state index in [1.807, 2.05) is 0 Å². The van der Waals surface area contributed by atoms with Gasteiger partial charge in [-0.05, 0) is 31.8 Å². The molecule has 0 saturated carbocycles. The maximum atomic E-state index is 10.4. The first kappa shape index (κ1) is 11.8. The van der Waals surface area contributed by atoms with Crippen LogP contribution in [0.5, 0.6) is 0 Å². The Morgan fingerprint density at radius 2 is 2.25 bits per heavy atom. The number of nitrogens with zero attached hydrogens (tertiary/aromatic N) is 1. The standard InChI is InChI=1S/C11H21N3O2/c12-11(15)8-16-6-3-13-10-2-5-14-4-1-9(10)7-14/h9-10,13H,1-8H2,(H2,12,15). The molecule has 92 valence electrons. The van der Waals surface area contributed by atoms with Crippen LogP contribution in [0.25, 0.3) is 0 Å². The van der Waals surface area contributed by atoms with E-state index in [0.29, 0.717) is 12.6 Å². The molecular weight excluding hydrogens is 206 g/mol. The fraction of sp³-hybridized carbons (Fsp3) is 0.909. The van der Waals surface area contributed by atoms with E-state index < -0.39 is 5.91 Å². The number of carbonyl (C=O) groups is 1. The molecule has 3 atom stereocenters. The summed E-state index contributed by atoms with van der Waals surface area (Å²) >= 11 is 0. The van der Waals surface area contributed by atoms with Crippen molar-refractivity contribution in [3.63, 3.8) is 0 Å². The highest BCUT2D eigenvalue weighted by atomic mass is 16.5. The quantitative estimate of drug-likeness (QED) is 0.581. The van der Waals surface area contributed by atoms with Gasteiger partial charge in [-0.25, -0.2) is 0 Å². The molecule has 5 nitrogen and oxygen atoms in total. The molecule has 0 radical (unpaired) electrons. The Morgan fingerprint density at radius 3 is 3.06 bits per heavy atom. The van der Waals surface area contributed by atoms with E-state index >= 15 is 0 Å². The molecule has 5 heteroatoms. The predicted molar refractivity (Wildman–Crippen MR) is 61.0 cm³/mol. The van der Waals surface area contributed by atoms with E-state index in [-0.39, 0.29) is 6.61 Å². The van der Waals surface area contributed by atoms with Crippen LogP contribution in [-0.2, 0) is 9.53 Å². The molecule has 1 amide bonds. The first-order chi connectivity index (χ1) is 7.75. The van der Waals surface area contributed by atoms with Crippen molar-refractivity contribution in [2.45, 2.75) is 18.9 Å². The first-order valence-corrected chi connectivity index (χ1v) is 6.07. The van der Waals surface area contributed by atoms with Gasteiger partial charge < -0.3 is 20.7 Å². The van der Waals surface area contributed by atoms with Crippen molar-refractivity contribution in [3.8, 4) is 0 Å². The van der Waals surface area contributed by atoms with Gasteiger partial charge >= 0.3 is 0 Å². The summed E-state index contributed by atoms with van der Waals surface area (Å²) in [5.74, 6) is 0.411. The highest BCUT2D eigenvalue weighted by Gasteiger charge is 2.33.